The summed E-state index contributed by atoms with van der Waals surface area (Å²) in [5.74, 6) is -3.31. The number of hydrogen-bond acceptors (Lipinski definition) is 0. The highest BCUT2D eigenvalue weighted by atomic mass is 19.2. The van der Waals surface area contributed by atoms with Crippen LogP contribution in [0.1, 0.15) is 35.1 Å². The first-order valence-corrected chi connectivity index (χ1v) is 10.9. The molecule has 0 heterocycles. The van der Waals surface area contributed by atoms with Gasteiger partial charge in [-0.25, -0.2) is 13.2 Å². The first-order chi connectivity index (χ1) is 15.5. The van der Waals surface area contributed by atoms with Crippen molar-refractivity contribution in [3.63, 3.8) is 0 Å². The van der Waals surface area contributed by atoms with Crippen molar-refractivity contribution in [3.8, 4) is 11.1 Å². The normalized spacial score (nSPS) is 12.0. The van der Waals surface area contributed by atoms with Crippen molar-refractivity contribution in [3.05, 3.63) is 131 Å². The summed E-state index contributed by atoms with van der Waals surface area (Å²) in [5.41, 5.74) is 6.07. The van der Waals surface area contributed by atoms with Crippen LogP contribution in [0.2, 0.25) is 0 Å². The molecule has 0 saturated carbocycles. The van der Waals surface area contributed by atoms with Crippen molar-refractivity contribution < 1.29 is 13.2 Å². The Morgan fingerprint density at radius 1 is 0.594 bits per heavy atom. The Hall–Kier alpha value is -3.33. The van der Waals surface area contributed by atoms with Gasteiger partial charge in [0.05, 0.1) is 0 Å². The van der Waals surface area contributed by atoms with Gasteiger partial charge in [0.15, 0.2) is 17.5 Å². The molecule has 0 N–H and O–H groups in total. The van der Waals surface area contributed by atoms with Gasteiger partial charge in [0.1, 0.15) is 0 Å². The summed E-state index contributed by atoms with van der Waals surface area (Å²) >= 11 is 0. The summed E-state index contributed by atoms with van der Waals surface area (Å²) in [4.78, 5) is 0. The third-order valence-corrected chi connectivity index (χ3v) is 5.91. The molecule has 162 valence electrons. The molecule has 0 unspecified atom stereocenters. The molecule has 32 heavy (non-hydrogen) atoms. The maximum absolute atomic E-state index is 13.5. The maximum Gasteiger partial charge on any atom is 0.194 e. The fourth-order valence-electron chi connectivity index (χ4n) is 3.97. The highest BCUT2D eigenvalue weighted by molar-refractivity contribution is 5.64. The van der Waals surface area contributed by atoms with Crippen molar-refractivity contribution in [1.82, 2.24) is 0 Å². The fourth-order valence-corrected chi connectivity index (χ4v) is 3.97. The van der Waals surface area contributed by atoms with Crippen LogP contribution in [0.3, 0.4) is 0 Å². The van der Waals surface area contributed by atoms with Crippen molar-refractivity contribution in [2.75, 3.05) is 0 Å². The summed E-state index contributed by atoms with van der Waals surface area (Å²) in [6.45, 7) is 2.25. The Bertz CT molecular complexity index is 1140. The van der Waals surface area contributed by atoms with Gasteiger partial charge in [-0.2, -0.15) is 0 Å². The van der Waals surface area contributed by atoms with Gasteiger partial charge in [-0.1, -0.05) is 85.8 Å². The number of rotatable bonds is 7. The Morgan fingerprint density at radius 3 is 1.66 bits per heavy atom. The Labute approximate surface area is 187 Å². The minimum absolute atomic E-state index is 0.327. The summed E-state index contributed by atoms with van der Waals surface area (Å²) in [6.07, 6.45) is 2.79. The summed E-state index contributed by atoms with van der Waals surface area (Å²) in [7, 11) is 0. The Balaban J connectivity index is 1.35. The topological polar surface area (TPSA) is 0 Å². The van der Waals surface area contributed by atoms with Gasteiger partial charge in [0.2, 0.25) is 0 Å². The van der Waals surface area contributed by atoms with E-state index in [-0.39, 0.29) is 0 Å². The number of aryl methyl sites for hydroxylation is 2. The molecular formula is C29H25F3. The molecule has 1 atom stereocenters. The van der Waals surface area contributed by atoms with Gasteiger partial charge >= 0.3 is 0 Å². The second-order valence-corrected chi connectivity index (χ2v) is 8.28. The first-order valence-electron chi connectivity index (χ1n) is 10.9. The van der Waals surface area contributed by atoms with Crippen LogP contribution in [0.25, 0.3) is 11.1 Å². The molecule has 4 aromatic carbocycles. The van der Waals surface area contributed by atoms with Crippen LogP contribution in [-0.4, -0.2) is 0 Å². The molecule has 4 rings (SSSR count). The quantitative estimate of drug-likeness (QED) is 0.261. The van der Waals surface area contributed by atoms with Crippen LogP contribution in [0, 0.1) is 17.5 Å². The largest absolute Gasteiger partial charge is 0.204 e. The molecule has 0 radical (unpaired) electrons. The SMILES string of the molecule is C[C@H](Cc1ccc(CCc2ccc(-c3cc(F)c(F)c(F)c3)cc2)cc1)c1ccccc1. The van der Waals surface area contributed by atoms with E-state index in [4.69, 9.17) is 0 Å². The Kier molecular flexibility index (Phi) is 6.75. The second kappa shape index (κ2) is 9.86. The number of hydrogen-bond donors (Lipinski definition) is 0. The molecule has 3 heteroatoms. The lowest BCUT2D eigenvalue weighted by Gasteiger charge is -2.12. The van der Waals surface area contributed by atoms with Gasteiger partial charge < -0.3 is 0 Å². The minimum Gasteiger partial charge on any atom is -0.204 e. The molecule has 4 aromatic rings. The van der Waals surface area contributed by atoms with E-state index < -0.39 is 17.5 Å². The van der Waals surface area contributed by atoms with Gasteiger partial charge in [0, 0.05) is 0 Å². The van der Waals surface area contributed by atoms with E-state index in [2.05, 4.69) is 55.5 Å². The lowest BCUT2D eigenvalue weighted by Crippen LogP contribution is -1.99. The monoisotopic (exact) mass is 430 g/mol. The van der Waals surface area contributed by atoms with Crippen LogP contribution in [0.15, 0.2) is 91.0 Å². The number of halogens is 3. The molecule has 0 aliphatic heterocycles. The molecular weight excluding hydrogens is 405 g/mol. The molecule has 0 bridgehead atoms. The highest BCUT2D eigenvalue weighted by Crippen LogP contribution is 2.25. The predicted octanol–water partition coefficient (Wildman–Crippen LogP) is 7.90. The third kappa shape index (κ3) is 5.28. The van der Waals surface area contributed by atoms with Crippen molar-refractivity contribution >= 4 is 0 Å². The molecule has 0 saturated heterocycles. The molecule has 0 aromatic heterocycles. The molecule has 0 amide bonds. The maximum atomic E-state index is 13.5. The Morgan fingerprint density at radius 2 is 1.09 bits per heavy atom. The molecule has 0 nitrogen and oxygen atoms in total. The van der Waals surface area contributed by atoms with E-state index in [1.807, 2.05) is 30.3 Å². The van der Waals surface area contributed by atoms with E-state index in [1.165, 1.54) is 16.7 Å². The average Bonchev–Trinajstić information content (AvgIpc) is 2.82. The molecule has 0 fully saturated rings. The zero-order valence-electron chi connectivity index (χ0n) is 18.0. The van der Waals surface area contributed by atoms with Gasteiger partial charge in [-0.05, 0) is 70.7 Å². The van der Waals surface area contributed by atoms with Crippen molar-refractivity contribution in [2.45, 2.75) is 32.1 Å². The smallest absolute Gasteiger partial charge is 0.194 e. The standard InChI is InChI=1S/C29H25F3/c1-20(24-5-3-2-4-6-24)17-23-11-9-21(10-12-23)7-8-22-13-15-25(16-14-22)26-18-27(30)29(32)28(31)19-26/h2-6,9-16,18-20H,7-8,17H2,1H3/t20-/m1/s1. The van der Waals surface area contributed by atoms with E-state index in [0.717, 1.165) is 37.0 Å². The molecule has 0 spiro atoms. The van der Waals surface area contributed by atoms with Crippen LogP contribution in [0.4, 0.5) is 13.2 Å². The summed E-state index contributed by atoms with van der Waals surface area (Å²) < 4.78 is 40.1. The zero-order chi connectivity index (χ0) is 22.5. The van der Waals surface area contributed by atoms with Crippen molar-refractivity contribution in [2.24, 2.45) is 0 Å². The minimum atomic E-state index is -1.44. The van der Waals surface area contributed by atoms with E-state index in [9.17, 15) is 13.2 Å². The van der Waals surface area contributed by atoms with Crippen LogP contribution in [0.5, 0.6) is 0 Å². The van der Waals surface area contributed by atoms with Crippen LogP contribution in [-0.2, 0) is 19.3 Å². The summed E-state index contributed by atoms with van der Waals surface area (Å²) in [5, 5.41) is 0. The lowest BCUT2D eigenvalue weighted by atomic mass is 9.93. The van der Waals surface area contributed by atoms with E-state index in [0.29, 0.717) is 17.0 Å². The van der Waals surface area contributed by atoms with E-state index in [1.54, 1.807) is 0 Å². The fraction of sp³-hybridized carbons (Fsp3) is 0.172. The first kappa shape index (κ1) is 21.9. The van der Waals surface area contributed by atoms with E-state index >= 15 is 0 Å². The van der Waals surface area contributed by atoms with Crippen LogP contribution >= 0.6 is 0 Å². The highest BCUT2D eigenvalue weighted by Gasteiger charge is 2.11. The van der Waals surface area contributed by atoms with Crippen molar-refractivity contribution in [1.29, 1.82) is 0 Å². The average molecular weight is 431 g/mol. The zero-order valence-corrected chi connectivity index (χ0v) is 18.0. The summed E-state index contributed by atoms with van der Waals surface area (Å²) in [6, 6.07) is 28.9. The number of benzene rings is 4. The van der Waals surface area contributed by atoms with Gasteiger partial charge in [0.25, 0.3) is 0 Å². The van der Waals surface area contributed by atoms with Gasteiger partial charge in [-0.3, -0.25) is 0 Å². The van der Waals surface area contributed by atoms with Crippen LogP contribution < -0.4 is 0 Å². The third-order valence-electron chi connectivity index (χ3n) is 5.91. The molecule has 0 aliphatic carbocycles. The molecule has 0 aliphatic rings. The lowest BCUT2D eigenvalue weighted by molar-refractivity contribution is 0.448. The predicted molar refractivity (Wildman–Crippen MR) is 124 cm³/mol. The van der Waals surface area contributed by atoms with Gasteiger partial charge in [-0.15, -0.1) is 0 Å². The second-order valence-electron chi connectivity index (χ2n) is 8.28.